The lowest BCUT2D eigenvalue weighted by atomic mass is 9.65. The monoisotopic (exact) mass is 902 g/mol. The number of fused-ring (bicyclic) bond motifs is 18. The molecule has 332 valence electrons. The molecule has 2 aliphatic carbocycles. The van der Waals surface area contributed by atoms with Crippen molar-refractivity contribution >= 4 is 38.9 Å². The molecule has 0 saturated carbocycles. The fraction of sp³-hybridized carbons (Fsp3) is 0.0435. The van der Waals surface area contributed by atoms with E-state index in [1.165, 1.54) is 117 Å². The molecule has 0 N–H and O–H groups in total. The van der Waals surface area contributed by atoms with Crippen molar-refractivity contribution in [2.75, 3.05) is 4.90 Å². The van der Waals surface area contributed by atoms with Crippen molar-refractivity contribution in [1.82, 2.24) is 4.57 Å². The van der Waals surface area contributed by atoms with Gasteiger partial charge < -0.3 is 9.47 Å². The Morgan fingerprint density at radius 1 is 0.338 bits per heavy atom. The minimum Gasteiger partial charge on any atom is -0.309 e. The van der Waals surface area contributed by atoms with Crippen LogP contribution >= 0.6 is 0 Å². The summed E-state index contributed by atoms with van der Waals surface area (Å²) < 4.78 is 2.56. The highest BCUT2D eigenvalue weighted by atomic mass is 15.2. The molecule has 2 heteroatoms. The first-order valence-corrected chi connectivity index (χ1v) is 24.9. The Hall–Kier alpha value is -8.98. The first-order valence-electron chi connectivity index (χ1n) is 24.9. The van der Waals surface area contributed by atoms with Crippen LogP contribution in [0, 0.1) is 0 Å². The Morgan fingerprint density at radius 3 is 1.58 bits per heavy atom. The summed E-state index contributed by atoms with van der Waals surface area (Å²) in [5.74, 6) is 0. The molecule has 0 bridgehead atoms. The maximum Gasteiger partial charge on any atom is 0.0755 e. The van der Waals surface area contributed by atoms with Gasteiger partial charge in [0.1, 0.15) is 0 Å². The molecule has 0 fully saturated rings. The second-order valence-electron chi connectivity index (χ2n) is 19.5. The van der Waals surface area contributed by atoms with Gasteiger partial charge in [-0.2, -0.15) is 0 Å². The van der Waals surface area contributed by atoms with Crippen LogP contribution in [-0.2, 0) is 18.3 Å². The molecule has 3 aliphatic rings. The van der Waals surface area contributed by atoms with Gasteiger partial charge in [-0.05, 0) is 127 Å². The second kappa shape index (κ2) is 15.5. The van der Waals surface area contributed by atoms with E-state index in [2.05, 4.69) is 264 Å². The molecule has 71 heavy (non-hydrogen) atoms. The Labute approximate surface area is 414 Å². The van der Waals surface area contributed by atoms with Gasteiger partial charge in [0.25, 0.3) is 0 Å². The molecule has 1 aromatic heterocycles. The molecule has 0 amide bonds. The number of para-hydroxylation sites is 3. The molecule has 12 aromatic rings. The van der Waals surface area contributed by atoms with Crippen molar-refractivity contribution in [3.8, 4) is 50.2 Å². The maximum atomic E-state index is 2.59. The Kier molecular flexibility index (Phi) is 8.73. The number of rotatable bonds is 4. The van der Waals surface area contributed by atoms with E-state index < -0.39 is 5.41 Å². The predicted octanol–water partition coefficient (Wildman–Crippen LogP) is 17.4. The van der Waals surface area contributed by atoms with Crippen LogP contribution in [0.2, 0.25) is 0 Å². The molecule has 0 unspecified atom stereocenters. The molecule has 0 atom stereocenters. The van der Waals surface area contributed by atoms with Crippen molar-refractivity contribution in [2.45, 2.75) is 18.3 Å². The van der Waals surface area contributed by atoms with E-state index >= 15 is 0 Å². The van der Waals surface area contributed by atoms with Gasteiger partial charge in [0.15, 0.2) is 0 Å². The Balaban J connectivity index is 1.07. The molecule has 1 aliphatic heterocycles. The van der Waals surface area contributed by atoms with Gasteiger partial charge in [-0.3, -0.25) is 0 Å². The standard InChI is InChI=1S/C69H46N2/c1-2-20-45(21-3-1)53-28-12-16-37-63(53)70(66-39-18-25-49-43-47-23-5-8-27-52(47)51-26-7-4-22-46(51)42-48-24-6-9-29-54(48)67(49)66)50-40-41-65-62(44-50)69(59-34-14-10-30-55(59)56-31-11-15-35-60(56)69)61-36-19-33-58-57-32-13-17-38-64(57)71(65)68(58)61/h1-41,44H,42-43H2. The zero-order valence-corrected chi connectivity index (χ0v) is 39.1. The highest BCUT2D eigenvalue weighted by Crippen LogP contribution is 2.62. The summed E-state index contributed by atoms with van der Waals surface area (Å²) in [5.41, 5.74) is 27.1. The lowest BCUT2D eigenvalue weighted by Gasteiger charge is -2.40. The third-order valence-electron chi connectivity index (χ3n) is 15.9. The molecule has 0 radical (unpaired) electrons. The SMILES string of the molecule is c1ccc(-c2ccccc2N(c2ccc3c(c2)C2(c4ccccc4-c4ccccc42)c2cccc4c5ccccc5n-3c24)c2cccc3c2-c2ccccc2Cc2ccccc2-c2ccccc2C3)cc1. The van der Waals surface area contributed by atoms with Crippen LogP contribution in [0.3, 0.4) is 0 Å². The minimum absolute atomic E-state index is 0.599. The number of hydrogen-bond acceptors (Lipinski definition) is 1. The average molecular weight is 903 g/mol. The van der Waals surface area contributed by atoms with E-state index in [-0.39, 0.29) is 0 Å². The van der Waals surface area contributed by atoms with E-state index in [9.17, 15) is 0 Å². The average Bonchev–Trinajstić information content (AvgIpc) is 3.93. The van der Waals surface area contributed by atoms with Crippen LogP contribution < -0.4 is 4.90 Å². The minimum atomic E-state index is -0.599. The Morgan fingerprint density at radius 2 is 0.845 bits per heavy atom. The number of aromatic nitrogens is 1. The first-order chi connectivity index (χ1) is 35.3. The number of nitrogens with zero attached hydrogens (tertiary/aromatic N) is 2. The van der Waals surface area contributed by atoms with Crippen LogP contribution in [0.1, 0.15) is 44.5 Å². The highest BCUT2D eigenvalue weighted by Gasteiger charge is 2.51. The van der Waals surface area contributed by atoms with Crippen molar-refractivity contribution in [1.29, 1.82) is 0 Å². The predicted molar refractivity (Wildman–Crippen MR) is 295 cm³/mol. The maximum absolute atomic E-state index is 2.59. The van der Waals surface area contributed by atoms with Gasteiger partial charge in [0.05, 0.1) is 33.5 Å². The van der Waals surface area contributed by atoms with Crippen molar-refractivity contribution in [3.63, 3.8) is 0 Å². The number of benzene rings is 11. The highest BCUT2D eigenvalue weighted by molar-refractivity contribution is 6.13. The van der Waals surface area contributed by atoms with Crippen LogP contribution in [0.4, 0.5) is 17.1 Å². The first kappa shape index (κ1) is 40.0. The molecular formula is C69H46N2. The van der Waals surface area contributed by atoms with Crippen molar-refractivity contribution in [2.24, 2.45) is 0 Å². The van der Waals surface area contributed by atoms with Crippen LogP contribution in [0.5, 0.6) is 0 Å². The zero-order chi connectivity index (χ0) is 46.6. The van der Waals surface area contributed by atoms with Crippen molar-refractivity contribution < 1.29 is 0 Å². The largest absolute Gasteiger partial charge is 0.309 e. The summed E-state index contributed by atoms with van der Waals surface area (Å²) in [4.78, 5) is 2.59. The normalized spacial score (nSPS) is 13.4. The van der Waals surface area contributed by atoms with Gasteiger partial charge in [0, 0.05) is 27.6 Å². The summed E-state index contributed by atoms with van der Waals surface area (Å²) in [7, 11) is 0. The fourth-order valence-electron chi connectivity index (χ4n) is 13.1. The van der Waals surface area contributed by atoms with E-state index in [1.54, 1.807) is 0 Å². The third-order valence-corrected chi connectivity index (χ3v) is 15.9. The molecule has 2 nitrogen and oxygen atoms in total. The van der Waals surface area contributed by atoms with E-state index in [4.69, 9.17) is 0 Å². The molecule has 0 saturated heterocycles. The summed E-state index contributed by atoms with van der Waals surface area (Å²) in [6.45, 7) is 0. The lowest BCUT2D eigenvalue weighted by Crippen LogP contribution is -2.33. The molecule has 1 spiro atoms. The van der Waals surface area contributed by atoms with E-state index in [0.717, 1.165) is 29.9 Å². The summed E-state index contributed by atoms with van der Waals surface area (Å²) in [6, 6.07) is 95.9. The van der Waals surface area contributed by atoms with Gasteiger partial charge in [-0.25, -0.2) is 0 Å². The molecular weight excluding hydrogens is 857 g/mol. The lowest BCUT2D eigenvalue weighted by molar-refractivity contribution is 0.748. The number of hydrogen-bond donors (Lipinski definition) is 0. The topological polar surface area (TPSA) is 8.17 Å². The van der Waals surface area contributed by atoms with Gasteiger partial charge >= 0.3 is 0 Å². The molecule has 11 aromatic carbocycles. The van der Waals surface area contributed by atoms with Crippen LogP contribution in [0.15, 0.2) is 255 Å². The third kappa shape index (κ3) is 5.71. The fourth-order valence-corrected chi connectivity index (χ4v) is 13.1. The van der Waals surface area contributed by atoms with E-state index in [1.807, 2.05) is 0 Å². The van der Waals surface area contributed by atoms with E-state index in [0.29, 0.717) is 0 Å². The summed E-state index contributed by atoms with van der Waals surface area (Å²) in [5, 5.41) is 2.55. The van der Waals surface area contributed by atoms with Crippen LogP contribution in [0.25, 0.3) is 72.0 Å². The zero-order valence-electron chi connectivity index (χ0n) is 39.1. The van der Waals surface area contributed by atoms with Gasteiger partial charge in [-0.1, -0.05) is 218 Å². The van der Waals surface area contributed by atoms with Crippen molar-refractivity contribution in [3.05, 3.63) is 299 Å². The van der Waals surface area contributed by atoms with Gasteiger partial charge in [-0.15, -0.1) is 0 Å². The smallest absolute Gasteiger partial charge is 0.0755 e. The molecule has 2 heterocycles. The summed E-state index contributed by atoms with van der Waals surface area (Å²) >= 11 is 0. The molecule has 15 rings (SSSR count). The van der Waals surface area contributed by atoms with Gasteiger partial charge in [0.2, 0.25) is 0 Å². The van der Waals surface area contributed by atoms with Crippen LogP contribution in [-0.4, -0.2) is 4.57 Å². The second-order valence-corrected chi connectivity index (χ2v) is 19.5. The number of anilines is 3. The summed E-state index contributed by atoms with van der Waals surface area (Å²) in [6.07, 6.45) is 1.60. The quantitative estimate of drug-likeness (QED) is 0.171. The Bertz CT molecular complexity index is 4090.